The molecule has 3 heterocycles. The maximum Gasteiger partial charge on any atom is 0.163 e. The zero-order valence-corrected chi connectivity index (χ0v) is 31.9. The van der Waals surface area contributed by atoms with Crippen molar-refractivity contribution in [2.75, 3.05) is 0 Å². The van der Waals surface area contributed by atoms with Crippen LogP contribution in [0.15, 0.2) is 186 Å². The van der Waals surface area contributed by atoms with Gasteiger partial charge >= 0.3 is 0 Å². The van der Waals surface area contributed by atoms with Gasteiger partial charge in [-0.25, -0.2) is 15.0 Å². The van der Waals surface area contributed by atoms with Crippen molar-refractivity contribution in [3.8, 4) is 45.0 Å². The SMILES string of the molecule is C[C@H]1C=CC(c2cccc3oc4c(-c5ccc(-c6ccccc6)c6c5sc5ccccc56)cccc4c23)=CC1c1nc(-c2ccccc2)nc(-c2ccccc2)n1. The van der Waals surface area contributed by atoms with E-state index in [1.54, 1.807) is 0 Å². The van der Waals surface area contributed by atoms with Gasteiger partial charge in [0.25, 0.3) is 0 Å². The smallest absolute Gasteiger partial charge is 0.163 e. The van der Waals surface area contributed by atoms with Gasteiger partial charge in [-0.1, -0.05) is 177 Å². The molecule has 0 bridgehead atoms. The molecule has 5 heteroatoms. The summed E-state index contributed by atoms with van der Waals surface area (Å²) in [5.41, 5.74) is 10.7. The minimum absolute atomic E-state index is 0.0636. The van der Waals surface area contributed by atoms with Gasteiger partial charge < -0.3 is 4.42 Å². The Labute approximate surface area is 334 Å². The van der Waals surface area contributed by atoms with Crippen molar-refractivity contribution in [1.82, 2.24) is 15.0 Å². The maximum absolute atomic E-state index is 6.89. The highest BCUT2D eigenvalue weighted by atomic mass is 32.1. The van der Waals surface area contributed by atoms with Crippen LogP contribution in [0.3, 0.4) is 0 Å². The van der Waals surface area contributed by atoms with Gasteiger partial charge in [0.15, 0.2) is 11.6 Å². The second-order valence-electron chi connectivity index (χ2n) is 14.7. The number of rotatable bonds is 6. The van der Waals surface area contributed by atoms with Crippen LogP contribution in [0.2, 0.25) is 0 Å². The highest BCUT2D eigenvalue weighted by molar-refractivity contribution is 7.26. The number of nitrogens with zero attached hydrogens (tertiary/aromatic N) is 3. The van der Waals surface area contributed by atoms with Crippen molar-refractivity contribution < 1.29 is 4.42 Å². The topological polar surface area (TPSA) is 51.8 Å². The van der Waals surface area contributed by atoms with Crippen LogP contribution < -0.4 is 0 Å². The van der Waals surface area contributed by atoms with Crippen LogP contribution >= 0.6 is 11.3 Å². The van der Waals surface area contributed by atoms with Gasteiger partial charge in [0.05, 0.1) is 0 Å². The molecule has 0 radical (unpaired) electrons. The first-order valence-corrected chi connectivity index (χ1v) is 20.2. The highest BCUT2D eigenvalue weighted by Gasteiger charge is 2.26. The largest absolute Gasteiger partial charge is 0.455 e. The zero-order valence-electron chi connectivity index (χ0n) is 31.1. The molecule has 0 N–H and O–H groups in total. The van der Waals surface area contributed by atoms with Gasteiger partial charge in [0.2, 0.25) is 0 Å². The fourth-order valence-electron chi connectivity index (χ4n) is 8.44. The number of allylic oxidation sites excluding steroid dienone is 4. The normalized spacial score (nSPS) is 15.5. The monoisotopic (exact) mass is 749 g/mol. The third-order valence-corrected chi connectivity index (χ3v) is 12.5. The molecule has 0 fully saturated rings. The quantitative estimate of drug-likeness (QED) is 0.170. The Hall–Kier alpha value is -6.95. The van der Waals surface area contributed by atoms with Crippen LogP contribution in [-0.2, 0) is 0 Å². The number of benzene rings is 7. The summed E-state index contributed by atoms with van der Waals surface area (Å²) in [7, 11) is 0. The summed E-state index contributed by atoms with van der Waals surface area (Å²) in [4.78, 5) is 15.2. The molecule has 0 saturated carbocycles. The first-order valence-electron chi connectivity index (χ1n) is 19.4. The molecule has 10 aromatic rings. The summed E-state index contributed by atoms with van der Waals surface area (Å²) in [5.74, 6) is 2.23. The van der Waals surface area contributed by atoms with E-state index in [-0.39, 0.29) is 11.8 Å². The van der Waals surface area contributed by atoms with Gasteiger partial charge in [-0.2, -0.15) is 0 Å². The highest BCUT2D eigenvalue weighted by Crippen LogP contribution is 2.48. The van der Waals surface area contributed by atoms with Crippen LogP contribution in [-0.4, -0.2) is 15.0 Å². The fourth-order valence-corrected chi connectivity index (χ4v) is 9.69. The number of para-hydroxylation sites is 1. The third kappa shape index (κ3) is 5.70. The molecular weight excluding hydrogens is 715 g/mol. The van der Waals surface area contributed by atoms with Crippen molar-refractivity contribution in [2.45, 2.75) is 12.8 Å². The van der Waals surface area contributed by atoms with E-state index in [0.29, 0.717) is 11.6 Å². The molecule has 1 aliphatic carbocycles. The van der Waals surface area contributed by atoms with E-state index in [9.17, 15) is 0 Å². The van der Waals surface area contributed by atoms with Crippen LogP contribution in [0.4, 0.5) is 0 Å². The summed E-state index contributed by atoms with van der Waals surface area (Å²) in [5, 5.41) is 4.77. The summed E-state index contributed by atoms with van der Waals surface area (Å²) in [6.45, 7) is 2.24. The molecule has 0 spiro atoms. The summed E-state index contributed by atoms with van der Waals surface area (Å²) in [6.07, 6.45) is 6.87. The van der Waals surface area contributed by atoms with Gasteiger partial charge in [-0.05, 0) is 40.3 Å². The van der Waals surface area contributed by atoms with Crippen LogP contribution in [0.1, 0.15) is 24.2 Å². The lowest BCUT2D eigenvalue weighted by molar-refractivity contribution is 0.602. The number of hydrogen-bond donors (Lipinski definition) is 0. The Balaban J connectivity index is 1.07. The zero-order chi connectivity index (χ0) is 37.9. The van der Waals surface area contributed by atoms with Crippen molar-refractivity contribution in [2.24, 2.45) is 5.92 Å². The van der Waals surface area contributed by atoms with E-state index in [1.807, 2.05) is 47.7 Å². The molecule has 7 aromatic carbocycles. The maximum atomic E-state index is 6.89. The molecule has 57 heavy (non-hydrogen) atoms. The van der Waals surface area contributed by atoms with Crippen LogP contribution in [0.25, 0.3) is 92.7 Å². The number of aromatic nitrogens is 3. The first kappa shape index (κ1) is 33.4. The van der Waals surface area contributed by atoms with E-state index in [2.05, 4.69) is 153 Å². The Morgan fingerprint density at radius 2 is 1.12 bits per heavy atom. The standard InChI is InChI=1S/C52H35N3OS/c1-32-27-28-36(31-43(32)52-54-50(34-17-7-3-8-18-34)53-51(55-52)35-19-9-4-10-20-35)37-22-14-25-44-46(37)42-24-13-23-39(48(42)56-44)40-30-29-38(33-15-5-2-6-16-33)47-41-21-11-12-26-45(41)57-49(40)47/h2-32,43H,1H3/t32-,43?/m0/s1. The molecule has 1 unspecified atom stereocenters. The Bertz CT molecular complexity index is 3140. The Kier molecular flexibility index (Phi) is 8.00. The minimum atomic E-state index is -0.0636. The summed E-state index contributed by atoms with van der Waals surface area (Å²) >= 11 is 1.85. The van der Waals surface area contributed by atoms with Crippen molar-refractivity contribution in [1.29, 1.82) is 0 Å². The van der Waals surface area contributed by atoms with E-state index >= 15 is 0 Å². The van der Waals surface area contributed by atoms with Crippen molar-refractivity contribution in [3.63, 3.8) is 0 Å². The summed E-state index contributed by atoms with van der Waals surface area (Å²) < 4.78 is 9.43. The van der Waals surface area contributed by atoms with Crippen LogP contribution in [0.5, 0.6) is 0 Å². The number of hydrogen-bond acceptors (Lipinski definition) is 5. The third-order valence-electron chi connectivity index (χ3n) is 11.3. The summed E-state index contributed by atoms with van der Waals surface area (Å²) in [6, 6.07) is 57.4. The van der Waals surface area contributed by atoms with Gasteiger partial charge in [0.1, 0.15) is 17.0 Å². The fraction of sp³-hybridized carbons (Fsp3) is 0.0577. The van der Waals surface area contributed by atoms with E-state index in [4.69, 9.17) is 19.4 Å². The van der Waals surface area contributed by atoms with Gasteiger partial charge in [-0.15, -0.1) is 11.3 Å². The Morgan fingerprint density at radius 1 is 0.509 bits per heavy atom. The van der Waals surface area contributed by atoms with E-state index in [0.717, 1.165) is 55.6 Å². The van der Waals surface area contributed by atoms with Crippen molar-refractivity contribution in [3.05, 3.63) is 193 Å². The average Bonchev–Trinajstić information content (AvgIpc) is 3.87. The molecule has 0 saturated heterocycles. The molecule has 270 valence electrons. The molecule has 2 atom stereocenters. The van der Waals surface area contributed by atoms with Gasteiger partial charge in [0, 0.05) is 59.1 Å². The molecule has 3 aromatic heterocycles. The number of thiophene rings is 1. The van der Waals surface area contributed by atoms with E-state index in [1.165, 1.54) is 36.9 Å². The van der Waals surface area contributed by atoms with Gasteiger partial charge in [-0.3, -0.25) is 0 Å². The molecule has 0 aliphatic heterocycles. The molecule has 1 aliphatic rings. The molecule has 4 nitrogen and oxygen atoms in total. The van der Waals surface area contributed by atoms with E-state index < -0.39 is 0 Å². The Morgan fingerprint density at radius 3 is 1.86 bits per heavy atom. The minimum Gasteiger partial charge on any atom is -0.455 e. The lowest BCUT2D eigenvalue weighted by Crippen LogP contribution is -2.14. The molecule has 0 amide bonds. The predicted octanol–water partition coefficient (Wildman–Crippen LogP) is 14.2. The second kappa shape index (κ2) is 13.7. The predicted molar refractivity (Wildman–Crippen MR) is 237 cm³/mol. The lowest BCUT2D eigenvalue weighted by Gasteiger charge is -2.23. The molecular formula is C52H35N3OS. The average molecular weight is 750 g/mol. The lowest BCUT2D eigenvalue weighted by atomic mass is 9.83. The molecule has 11 rings (SSSR count). The number of fused-ring (bicyclic) bond motifs is 6. The van der Waals surface area contributed by atoms with Crippen molar-refractivity contribution >= 4 is 59.0 Å². The van der Waals surface area contributed by atoms with Crippen LogP contribution in [0, 0.1) is 5.92 Å². The second-order valence-corrected chi connectivity index (χ2v) is 15.8. The number of furan rings is 1. The first-order chi connectivity index (χ1) is 28.2.